The molecule has 0 bridgehead atoms. The third-order valence-electron chi connectivity index (χ3n) is 3.48. The van der Waals surface area contributed by atoms with Crippen LogP contribution in [0.1, 0.15) is 27.2 Å². The van der Waals surface area contributed by atoms with Crippen molar-refractivity contribution in [1.82, 2.24) is 0 Å². The smallest absolute Gasteiger partial charge is 0.230 e. The molecule has 2 nitrogen and oxygen atoms in total. The Morgan fingerprint density at radius 2 is 1.90 bits per heavy atom. The number of carbonyl (C=O) groups excluding carboxylic acids is 1. The minimum atomic E-state index is -0.478. The van der Waals surface area contributed by atoms with E-state index in [1.165, 1.54) is 12.1 Å². The number of rotatable bonds is 2. The van der Waals surface area contributed by atoms with Gasteiger partial charge >= 0.3 is 0 Å². The Balaban J connectivity index is 2.15. The molecule has 21 heavy (non-hydrogen) atoms. The van der Waals surface area contributed by atoms with Gasteiger partial charge < -0.3 is 4.42 Å². The molecule has 1 heterocycles. The minimum Gasteiger partial charge on any atom is -0.452 e. The van der Waals surface area contributed by atoms with Crippen molar-refractivity contribution in [1.29, 1.82) is 0 Å². The maximum absolute atomic E-state index is 13.1. The first kappa shape index (κ1) is 13.8. The van der Waals surface area contributed by atoms with E-state index in [-0.39, 0.29) is 22.1 Å². The molecule has 0 atom stereocenters. The molecule has 0 fully saturated rings. The minimum absolute atomic E-state index is 0.0797. The van der Waals surface area contributed by atoms with E-state index in [9.17, 15) is 9.18 Å². The van der Waals surface area contributed by atoms with Gasteiger partial charge in [0.15, 0.2) is 5.76 Å². The summed E-state index contributed by atoms with van der Waals surface area (Å²) in [6, 6.07) is 9.47. The van der Waals surface area contributed by atoms with Crippen molar-refractivity contribution in [3.05, 3.63) is 69.7 Å². The van der Waals surface area contributed by atoms with E-state index in [4.69, 9.17) is 16.0 Å². The van der Waals surface area contributed by atoms with Gasteiger partial charge in [-0.1, -0.05) is 23.7 Å². The lowest BCUT2D eigenvalue weighted by Crippen LogP contribution is -2.02. The second kappa shape index (κ2) is 5.01. The standard InChI is InChI=1S/C17H12ClFO2/c1-9-3-5-12-10(2)17(21-15(12)7-9)16(20)13-6-4-11(19)8-14(13)18/h3-8H,1-2H3. The fourth-order valence-electron chi connectivity index (χ4n) is 2.35. The lowest BCUT2D eigenvalue weighted by atomic mass is 10.0. The highest BCUT2D eigenvalue weighted by atomic mass is 35.5. The molecule has 4 heteroatoms. The van der Waals surface area contributed by atoms with E-state index < -0.39 is 5.82 Å². The van der Waals surface area contributed by atoms with E-state index >= 15 is 0 Å². The van der Waals surface area contributed by atoms with Crippen LogP contribution < -0.4 is 0 Å². The van der Waals surface area contributed by atoms with Crippen LogP contribution in [-0.4, -0.2) is 5.78 Å². The Kier molecular flexibility index (Phi) is 3.30. The van der Waals surface area contributed by atoms with Crippen LogP contribution >= 0.6 is 11.6 Å². The third-order valence-corrected chi connectivity index (χ3v) is 3.79. The molecule has 106 valence electrons. The summed E-state index contributed by atoms with van der Waals surface area (Å²) in [7, 11) is 0. The highest BCUT2D eigenvalue weighted by molar-refractivity contribution is 6.35. The normalized spacial score (nSPS) is 11.0. The molecule has 0 saturated heterocycles. The summed E-state index contributed by atoms with van der Waals surface area (Å²) in [6.07, 6.45) is 0. The first-order valence-corrected chi connectivity index (χ1v) is 6.84. The summed E-state index contributed by atoms with van der Waals surface area (Å²) < 4.78 is 18.8. The van der Waals surface area contributed by atoms with E-state index in [0.29, 0.717) is 5.58 Å². The molecule has 0 amide bonds. The molecule has 3 rings (SSSR count). The van der Waals surface area contributed by atoms with Crippen molar-refractivity contribution < 1.29 is 13.6 Å². The van der Waals surface area contributed by atoms with E-state index in [1.807, 2.05) is 32.0 Å². The fourth-order valence-corrected chi connectivity index (χ4v) is 2.60. The largest absolute Gasteiger partial charge is 0.452 e. The van der Waals surface area contributed by atoms with Crippen LogP contribution in [0.4, 0.5) is 4.39 Å². The fraction of sp³-hybridized carbons (Fsp3) is 0.118. The average molecular weight is 303 g/mol. The van der Waals surface area contributed by atoms with Crippen LogP contribution in [0.3, 0.4) is 0 Å². The van der Waals surface area contributed by atoms with Gasteiger partial charge in [0.25, 0.3) is 0 Å². The summed E-state index contributed by atoms with van der Waals surface area (Å²) in [4.78, 5) is 12.6. The topological polar surface area (TPSA) is 30.2 Å². The maximum Gasteiger partial charge on any atom is 0.230 e. The average Bonchev–Trinajstić information content (AvgIpc) is 2.75. The second-order valence-corrected chi connectivity index (χ2v) is 5.42. The molecule has 0 aliphatic heterocycles. The molecule has 0 radical (unpaired) electrons. The summed E-state index contributed by atoms with van der Waals surface area (Å²) in [6.45, 7) is 3.78. The van der Waals surface area contributed by atoms with Gasteiger partial charge in [0.2, 0.25) is 5.78 Å². The summed E-state index contributed by atoms with van der Waals surface area (Å²) in [5.74, 6) is -0.580. The zero-order valence-electron chi connectivity index (χ0n) is 11.5. The number of ketones is 1. The van der Waals surface area contributed by atoms with Gasteiger partial charge in [-0.15, -0.1) is 0 Å². The Morgan fingerprint density at radius 3 is 2.62 bits per heavy atom. The zero-order chi connectivity index (χ0) is 15.1. The predicted octanol–water partition coefficient (Wildman–Crippen LogP) is 5.07. The number of carbonyl (C=O) groups is 1. The van der Waals surface area contributed by atoms with E-state index in [2.05, 4.69) is 0 Å². The van der Waals surface area contributed by atoms with Crippen LogP contribution in [0, 0.1) is 19.7 Å². The molecule has 0 saturated carbocycles. The van der Waals surface area contributed by atoms with Crippen molar-refractivity contribution >= 4 is 28.4 Å². The molecule has 0 aliphatic carbocycles. The van der Waals surface area contributed by atoms with Gasteiger partial charge in [-0.3, -0.25) is 4.79 Å². The number of aryl methyl sites for hydroxylation is 2. The molecule has 3 aromatic rings. The van der Waals surface area contributed by atoms with Crippen LogP contribution in [-0.2, 0) is 0 Å². The van der Waals surface area contributed by atoms with Crippen LogP contribution in [0.15, 0.2) is 40.8 Å². The first-order chi connectivity index (χ1) is 9.97. The van der Waals surface area contributed by atoms with Crippen molar-refractivity contribution in [2.45, 2.75) is 13.8 Å². The molecule has 0 spiro atoms. The van der Waals surface area contributed by atoms with Gasteiger partial charge in [0.05, 0.1) is 5.02 Å². The number of furan rings is 1. The quantitative estimate of drug-likeness (QED) is 0.618. The summed E-state index contributed by atoms with van der Waals surface area (Å²) >= 11 is 5.95. The van der Waals surface area contributed by atoms with Crippen molar-refractivity contribution in [2.24, 2.45) is 0 Å². The number of benzene rings is 2. The molecule has 0 aliphatic rings. The molecule has 2 aromatic carbocycles. The molecular weight excluding hydrogens is 291 g/mol. The Bertz CT molecular complexity index is 865. The number of halogens is 2. The number of fused-ring (bicyclic) bond motifs is 1. The monoisotopic (exact) mass is 302 g/mol. The summed E-state index contributed by atoms with van der Waals surface area (Å²) in [5, 5.41) is 0.971. The lowest BCUT2D eigenvalue weighted by Gasteiger charge is -2.02. The number of hydrogen-bond donors (Lipinski definition) is 0. The molecule has 1 aromatic heterocycles. The van der Waals surface area contributed by atoms with Gasteiger partial charge in [0.1, 0.15) is 11.4 Å². The van der Waals surface area contributed by atoms with Gasteiger partial charge in [0, 0.05) is 16.5 Å². The molecular formula is C17H12ClFO2. The van der Waals surface area contributed by atoms with Crippen LogP contribution in [0.5, 0.6) is 0 Å². The highest BCUT2D eigenvalue weighted by Gasteiger charge is 2.21. The Hall–Kier alpha value is -2.13. The van der Waals surface area contributed by atoms with Gasteiger partial charge in [-0.2, -0.15) is 0 Å². The van der Waals surface area contributed by atoms with Gasteiger partial charge in [-0.05, 0) is 43.7 Å². The maximum atomic E-state index is 13.1. The number of hydrogen-bond acceptors (Lipinski definition) is 2. The van der Waals surface area contributed by atoms with Crippen molar-refractivity contribution in [3.8, 4) is 0 Å². The Morgan fingerprint density at radius 1 is 1.14 bits per heavy atom. The predicted molar refractivity (Wildman–Crippen MR) is 80.5 cm³/mol. The molecule has 0 unspecified atom stereocenters. The third kappa shape index (κ3) is 2.34. The zero-order valence-corrected chi connectivity index (χ0v) is 12.3. The second-order valence-electron chi connectivity index (χ2n) is 5.01. The SMILES string of the molecule is Cc1ccc2c(C)c(C(=O)c3ccc(F)cc3Cl)oc2c1. The summed E-state index contributed by atoms with van der Waals surface area (Å²) in [5.41, 5.74) is 2.71. The van der Waals surface area contributed by atoms with E-state index in [0.717, 1.165) is 22.6 Å². The van der Waals surface area contributed by atoms with Crippen LogP contribution in [0.2, 0.25) is 5.02 Å². The van der Waals surface area contributed by atoms with Crippen molar-refractivity contribution in [3.63, 3.8) is 0 Å². The van der Waals surface area contributed by atoms with Crippen molar-refractivity contribution in [2.75, 3.05) is 0 Å². The molecule has 0 N–H and O–H groups in total. The van der Waals surface area contributed by atoms with E-state index in [1.54, 1.807) is 0 Å². The highest BCUT2D eigenvalue weighted by Crippen LogP contribution is 2.29. The van der Waals surface area contributed by atoms with Crippen LogP contribution in [0.25, 0.3) is 11.0 Å². The Labute approximate surface area is 126 Å². The first-order valence-electron chi connectivity index (χ1n) is 6.47. The van der Waals surface area contributed by atoms with Gasteiger partial charge in [-0.25, -0.2) is 4.39 Å². The lowest BCUT2D eigenvalue weighted by molar-refractivity contribution is 0.101.